The van der Waals surface area contributed by atoms with Crippen molar-refractivity contribution in [3.8, 4) is 0 Å². The van der Waals surface area contributed by atoms with Crippen molar-refractivity contribution in [3.63, 3.8) is 0 Å². The van der Waals surface area contributed by atoms with Gasteiger partial charge in [-0.3, -0.25) is 4.90 Å². The van der Waals surface area contributed by atoms with Crippen LogP contribution in [0.5, 0.6) is 0 Å². The van der Waals surface area contributed by atoms with Crippen molar-refractivity contribution in [2.45, 2.75) is 19.9 Å². The third-order valence-electron chi connectivity index (χ3n) is 3.20. The summed E-state index contributed by atoms with van der Waals surface area (Å²) in [6.45, 7) is 8.32. The van der Waals surface area contributed by atoms with E-state index in [0.717, 1.165) is 26.2 Å². The molecule has 1 unspecified atom stereocenters. The van der Waals surface area contributed by atoms with Crippen LogP contribution in [0.2, 0.25) is 0 Å². The van der Waals surface area contributed by atoms with Crippen LogP contribution in [0.25, 0.3) is 0 Å². The Labute approximate surface area is 118 Å². The second-order valence-electron chi connectivity index (χ2n) is 5.37. The molecule has 1 atom stereocenters. The standard InChI is InChI=1S/C16H28N2O/c1-14(2)13-18(10-11-19-4)16(12-17-3)15-8-6-5-7-9-15/h5-9,14,16-17H,10-13H2,1-4H3. The van der Waals surface area contributed by atoms with Crippen molar-refractivity contribution >= 4 is 0 Å². The largest absolute Gasteiger partial charge is 0.383 e. The number of hydrogen-bond acceptors (Lipinski definition) is 3. The van der Waals surface area contributed by atoms with E-state index < -0.39 is 0 Å². The van der Waals surface area contributed by atoms with Crippen LogP contribution >= 0.6 is 0 Å². The smallest absolute Gasteiger partial charge is 0.0589 e. The van der Waals surface area contributed by atoms with E-state index in [1.807, 2.05) is 7.05 Å². The molecule has 0 aliphatic rings. The Morgan fingerprint density at radius 1 is 1.21 bits per heavy atom. The highest BCUT2D eigenvalue weighted by atomic mass is 16.5. The summed E-state index contributed by atoms with van der Waals surface area (Å²) in [6, 6.07) is 11.1. The van der Waals surface area contributed by atoms with Crippen molar-refractivity contribution in [3.05, 3.63) is 35.9 Å². The molecule has 0 aliphatic heterocycles. The van der Waals surface area contributed by atoms with Crippen molar-refractivity contribution < 1.29 is 4.74 Å². The Hall–Kier alpha value is -0.900. The molecule has 3 nitrogen and oxygen atoms in total. The first-order valence-corrected chi connectivity index (χ1v) is 7.11. The lowest BCUT2D eigenvalue weighted by molar-refractivity contribution is 0.109. The molecule has 0 fully saturated rings. The molecule has 0 saturated carbocycles. The number of methoxy groups -OCH3 is 1. The van der Waals surface area contributed by atoms with Crippen LogP contribution in [-0.2, 0) is 4.74 Å². The second-order valence-corrected chi connectivity index (χ2v) is 5.37. The Morgan fingerprint density at radius 3 is 2.42 bits per heavy atom. The molecule has 0 bridgehead atoms. The first kappa shape index (κ1) is 16.2. The van der Waals surface area contributed by atoms with Crippen LogP contribution in [-0.4, -0.2) is 45.3 Å². The summed E-state index contributed by atoms with van der Waals surface area (Å²) >= 11 is 0. The van der Waals surface area contributed by atoms with Crippen molar-refractivity contribution in [2.75, 3.05) is 40.4 Å². The highest BCUT2D eigenvalue weighted by Crippen LogP contribution is 2.21. The average Bonchev–Trinajstić information content (AvgIpc) is 2.41. The van der Waals surface area contributed by atoms with Crippen LogP contribution in [0.15, 0.2) is 30.3 Å². The Balaban J connectivity index is 2.84. The van der Waals surface area contributed by atoms with Gasteiger partial charge in [-0.2, -0.15) is 0 Å². The molecule has 0 spiro atoms. The number of benzene rings is 1. The van der Waals surface area contributed by atoms with Gasteiger partial charge in [-0.05, 0) is 18.5 Å². The number of ether oxygens (including phenoxy) is 1. The quantitative estimate of drug-likeness (QED) is 0.742. The highest BCUT2D eigenvalue weighted by molar-refractivity contribution is 5.19. The third-order valence-corrected chi connectivity index (χ3v) is 3.20. The first-order chi connectivity index (χ1) is 9.19. The predicted octanol–water partition coefficient (Wildman–Crippen LogP) is 2.55. The van der Waals surface area contributed by atoms with Gasteiger partial charge < -0.3 is 10.1 Å². The molecule has 1 rings (SSSR count). The maximum Gasteiger partial charge on any atom is 0.0589 e. The molecule has 0 aromatic heterocycles. The van der Waals surface area contributed by atoms with Gasteiger partial charge in [0.05, 0.1) is 6.61 Å². The van der Waals surface area contributed by atoms with Crippen LogP contribution in [0, 0.1) is 5.92 Å². The van der Waals surface area contributed by atoms with Crippen LogP contribution in [0.3, 0.4) is 0 Å². The van der Waals surface area contributed by atoms with E-state index in [-0.39, 0.29) is 0 Å². The fourth-order valence-electron chi connectivity index (χ4n) is 2.38. The van der Waals surface area contributed by atoms with E-state index >= 15 is 0 Å². The fourth-order valence-corrected chi connectivity index (χ4v) is 2.38. The van der Waals surface area contributed by atoms with Gasteiger partial charge in [0.25, 0.3) is 0 Å². The molecule has 0 heterocycles. The molecule has 0 aliphatic carbocycles. The van der Waals surface area contributed by atoms with E-state index in [2.05, 4.69) is 54.4 Å². The van der Waals surface area contributed by atoms with Crippen LogP contribution < -0.4 is 5.32 Å². The van der Waals surface area contributed by atoms with E-state index in [4.69, 9.17) is 4.74 Å². The molecular weight excluding hydrogens is 236 g/mol. The van der Waals surface area contributed by atoms with Gasteiger partial charge in [0, 0.05) is 32.8 Å². The molecule has 1 N–H and O–H groups in total. The first-order valence-electron chi connectivity index (χ1n) is 7.11. The minimum absolute atomic E-state index is 0.406. The molecule has 108 valence electrons. The minimum Gasteiger partial charge on any atom is -0.383 e. The van der Waals surface area contributed by atoms with E-state index in [1.165, 1.54) is 5.56 Å². The van der Waals surface area contributed by atoms with Gasteiger partial charge >= 0.3 is 0 Å². The SMILES string of the molecule is CNCC(c1ccccc1)N(CCOC)CC(C)C. The number of likely N-dealkylation sites (N-methyl/N-ethyl adjacent to an activating group) is 1. The summed E-state index contributed by atoms with van der Waals surface area (Å²) < 4.78 is 5.26. The van der Waals surface area contributed by atoms with Crippen molar-refractivity contribution in [1.82, 2.24) is 10.2 Å². The molecular formula is C16H28N2O. The van der Waals surface area contributed by atoms with Crippen molar-refractivity contribution in [1.29, 1.82) is 0 Å². The average molecular weight is 264 g/mol. The normalized spacial score (nSPS) is 13.2. The van der Waals surface area contributed by atoms with Gasteiger partial charge in [0.1, 0.15) is 0 Å². The fraction of sp³-hybridized carbons (Fsp3) is 0.625. The van der Waals surface area contributed by atoms with Gasteiger partial charge in [0.2, 0.25) is 0 Å². The number of hydrogen-bond donors (Lipinski definition) is 1. The van der Waals surface area contributed by atoms with Crippen LogP contribution in [0.1, 0.15) is 25.5 Å². The molecule has 3 heteroatoms. The lowest BCUT2D eigenvalue weighted by Crippen LogP contribution is -2.39. The number of nitrogens with zero attached hydrogens (tertiary/aromatic N) is 1. The minimum atomic E-state index is 0.406. The van der Waals surface area contributed by atoms with Gasteiger partial charge in [-0.1, -0.05) is 44.2 Å². The lowest BCUT2D eigenvalue weighted by Gasteiger charge is -2.33. The van der Waals surface area contributed by atoms with E-state index in [9.17, 15) is 0 Å². The molecule has 1 aromatic carbocycles. The highest BCUT2D eigenvalue weighted by Gasteiger charge is 2.20. The molecule has 0 amide bonds. The Morgan fingerprint density at radius 2 is 1.89 bits per heavy atom. The van der Waals surface area contributed by atoms with Gasteiger partial charge in [-0.15, -0.1) is 0 Å². The Kier molecular flexibility index (Phi) is 7.72. The monoisotopic (exact) mass is 264 g/mol. The van der Waals surface area contributed by atoms with E-state index in [1.54, 1.807) is 7.11 Å². The summed E-state index contributed by atoms with van der Waals surface area (Å²) in [5.74, 6) is 0.653. The van der Waals surface area contributed by atoms with Crippen molar-refractivity contribution in [2.24, 2.45) is 5.92 Å². The maximum atomic E-state index is 5.26. The molecule has 19 heavy (non-hydrogen) atoms. The van der Waals surface area contributed by atoms with Gasteiger partial charge in [-0.25, -0.2) is 0 Å². The van der Waals surface area contributed by atoms with E-state index in [0.29, 0.717) is 12.0 Å². The zero-order valence-corrected chi connectivity index (χ0v) is 12.7. The maximum absolute atomic E-state index is 5.26. The summed E-state index contributed by atoms with van der Waals surface area (Å²) in [7, 11) is 3.78. The van der Waals surface area contributed by atoms with Gasteiger partial charge in [0.15, 0.2) is 0 Å². The summed E-state index contributed by atoms with van der Waals surface area (Å²) in [5.41, 5.74) is 1.37. The summed E-state index contributed by atoms with van der Waals surface area (Å²) in [6.07, 6.45) is 0. The topological polar surface area (TPSA) is 24.5 Å². The Bertz CT molecular complexity index is 327. The zero-order valence-electron chi connectivity index (χ0n) is 12.7. The molecule has 0 saturated heterocycles. The van der Waals surface area contributed by atoms with Crippen LogP contribution in [0.4, 0.5) is 0 Å². The number of rotatable bonds is 9. The molecule has 0 radical (unpaired) electrons. The third kappa shape index (κ3) is 5.72. The molecule has 1 aromatic rings. The summed E-state index contributed by atoms with van der Waals surface area (Å²) in [4.78, 5) is 2.51. The number of nitrogens with one attached hydrogen (secondary N) is 1. The second kappa shape index (κ2) is 9.08. The predicted molar refractivity (Wildman–Crippen MR) is 81.4 cm³/mol. The zero-order chi connectivity index (χ0) is 14.1. The summed E-state index contributed by atoms with van der Waals surface area (Å²) in [5, 5.41) is 3.31. The lowest BCUT2D eigenvalue weighted by atomic mass is 10.0.